The topological polar surface area (TPSA) is 93.1 Å². The molecule has 1 aromatic carbocycles. The van der Waals surface area contributed by atoms with Crippen molar-refractivity contribution < 1.29 is 22.0 Å². The molecule has 0 saturated carbocycles. The number of nitrogens with zero attached hydrogens (tertiary/aromatic N) is 2. The molecule has 1 heterocycles. The lowest BCUT2D eigenvalue weighted by Gasteiger charge is -2.28. The van der Waals surface area contributed by atoms with Crippen molar-refractivity contribution >= 4 is 38.8 Å². The first kappa shape index (κ1) is 26.2. The van der Waals surface area contributed by atoms with Crippen molar-refractivity contribution in [3.05, 3.63) is 46.8 Å². The van der Waals surface area contributed by atoms with E-state index in [0.29, 0.717) is 10.6 Å². The van der Waals surface area contributed by atoms with Gasteiger partial charge in [-0.25, -0.2) is 17.2 Å². The minimum Gasteiger partial charge on any atom is -0.348 e. The largest absolute Gasteiger partial charge is 0.348 e. The summed E-state index contributed by atoms with van der Waals surface area (Å²) in [7, 11) is -2.62. The van der Waals surface area contributed by atoms with Gasteiger partial charge in [-0.3, -0.25) is 14.2 Å². The standard InChI is InChI=1S/C23H29ClF2N4O3S/c1-14(22(2,3)4)27-21(31)20-19(29-34(32,33)17-8-6-16(24)7-9-17)18(28-30(20)5)15-10-12-23(25,26)13-11-15/h6-10,14,29H,11-13H2,1-5H3,(H,27,31)/t14-/m0/s1. The number of halogens is 3. The van der Waals surface area contributed by atoms with E-state index in [9.17, 15) is 22.0 Å². The number of aromatic nitrogens is 2. The van der Waals surface area contributed by atoms with E-state index < -0.39 is 28.3 Å². The number of aryl methyl sites for hydroxylation is 1. The third-order valence-corrected chi connectivity index (χ3v) is 7.60. The number of carbonyl (C=O) groups is 1. The number of carbonyl (C=O) groups excluding carboxylic acids is 1. The number of hydrogen-bond donors (Lipinski definition) is 2. The highest BCUT2D eigenvalue weighted by molar-refractivity contribution is 7.92. The Morgan fingerprint density at radius 2 is 1.85 bits per heavy atom. The van der Waals surface area contributed by atoms with Crippen LogP contribution in [0.5, 0.6) is 0 Å². The highest BCUT2D eigenvalue weighted by Gasteiger charge is 2.35. The van der Waals surface area contributed by atoms with Crippen molar-refractivity contribution in [2.75, 3.05) is 4.72 Å². The van der Waals surface area contributed by atoms with E-state index in [0.717, 1.165) is 0 Å². The Labute approximate surface area is 203 Å². The van der Waals surface area contributed by atoms with Crippen LogP contribution in [0.3, 0.4) is 0 Å². The number of amides is 1. The third kappa shape index (κ3) is 5.78. The average molecular weight is 515 g/mol. The Morgan fingerprint density at radius 1 is 1.24 bits per heavy atom. The maximum absolute atomic E-state index is 13.7. The highest BCUT2D eigenvalue weighted by Crippen LogP contribution is 2.39. The van der Waals surface area contributed by atoms with Gasteiger partial charge in [0, 0.05) is 31.0 Å². The smallest absolute Gasteiger partial charge is 0.271 e. The quantitative estimate of drug-likeness (QED) is 0.551. The van der Waals surface area contributed by atoms with Gasteiger partial charge < -0.3 is 5.32 Å². The maximum atomic E-state index is 13.7. The van der Waals surface area contributed by atoms with Gasteiger partial charge in [-0.2, -0.15) is 5.10 Å². The Morgan fingerprint density at radius 3 is 2.38 bits per heavy atom. The Bertz CT molecular complexity index is 1220. The second-order valence-electron chi connectivity index (χ2n) is 9.61. The number of hydrogen-bond acceptors (Lipinski definition) is 4. The predicted octanol–water partition coefficient (Wildman–Crippen LogP) is 5.24. The summed E-state index contributed by atoms with van der Waals surface area (Å²) in [5, 5.41) is 7.61. The van der Waals surface area contributed by atoms with Gasteiger partial charge in [0.25, 0.3) is 21.9 Å². The monoisotopic (exact) mass is 514 g/mol. The van der Waals surface area contributed by atoms with E-state index in [-0.39, 0.29) is 46.3 Å². The molecule has 1 amide bonds. The van der Waals surface area contributed by atoms with Gasteiger partial charge in [-0.15, -0.1) is 0 Å². The summed E-state index contributed by atoms with van der Waals surface area (Å²) in [6, 6.07) is 5.30. The Kier molecular flexibility index (Phi) is 7.15. The zero-order valence-electron chi connectivity index (χ0n) is 19.7. The van der Waals surface area contributed by atoms with Crippen LogP contribution in [0.15, 0.2) is 35.2 Å². The lowest BCUT2D eigenvalue weighted by atomic mass is 9.88. The van der Waals surface area contributed by atoms with E-state index >= 15 is 0 Å². The minimum atomic E-state index is -4.13. The van der Waals surface area contributed by atoms with Gasteiger partial charge >= 0.3 is 0 Å². The van der Waals surface area contributed by atoms with Gasteiger partial charge in [-0.1, -0.05) is 38.4 Å². The summed E-state index contributed by atoms with van der Waals surface area (Å²) in [5.74, 6) is -3.36. The second-order valence-corrected chi connectivity index (χ2v) is 11.7. The Hall–Kier alpha value is -2.46. The average Bonchev–Trinajstić information content (AvgIpc) is 3.02. The molecule has 0 aliphatic heterocycles. The highest BCUT2D eigenvalue weighted by atomic mass is 35.5. The van der Waals surface area contributed by atoms with Crippen LogP contribution in [0.4, 0.5) is 14.5 Å². The van der Waals surface area contributed by atoms with Crippen LogP contribution in [0.25, 0.3) is 5.57 Å². The molecule has 0 spiro atoms. The molecule has 1 atom stereocenters. The number of alkyl halides is 2. The molecule has 186 valence electrons. The number of nitrogens with one attached hydrogen (secondary N) is 2. The lowest BCUT2D eigenvalue weighted by Crippen LogP contribution is -2.42. The fourth-order valence-electron chi connectivity index (χ4n) is 3.40. The third-order valence-electron chi connectivity index (χ3n) is 5.98. The number of rotatable bonds is 6. The van der Waals surface area contributed by atoms with Crippen molar-refractivity contribution in [3.63, 3.8) is 0 Å². The van der Waals surface area contributed by atoms with Crippen LogP contribution in [0.1, 0.15) is 63.1 Å². The number of benzene rings is 1. The summed E-state index contributed by atoms with van der Waals surface area (Å²) in [4.78, 5) is 13.2. The van der Waals surface area contributed by atoms with Crippen LogP contribution in [0.2, 0.25) is 5.02 Å². The summed E-state index contributed by atoms with van der Waals surface area (Å²) < 4.78 is 57.5. The SMILES string of the molecule is C[C@H](NC(=O)c1c(NS(=O)(=O)c2ccc(Cl)cc2)c(C2=CCC(F)(F)CC2)nn1C)C(C)(C)C. The van der Waals surface area contributed by atoms with E-state index in [1.54, 1.807) is 0 Å². The number of allylic oxidation sites excluding steroid dienone is 2. The molecule has 0 fully saturated rings. The molecule has 3 rings (SSSR count). The molecule has 1 aliphatic carbocycles. The van der Waals surface area contributed by atoms with E-state index in [4.69, 9.17) is 11.6 Å². The van der Waals surface area contributed by atoms with E-state index in [2.05, 4.69) is 15.1 Å². The molecule has 0 radical (unpaired) electrons. The van der Waals surface area contributed by atoms with Crippen molar-refractivity contribution in [2.24, 2.45) is 12.5 Å². The van der Waals surface area contributed by atoms with E-state index in [1.807, 2.05) is 27.7 Å². The van der Waals surface area contributed by atoms with Gasteiger partial charge in [0.1, 0.15) is 11.4 Å². The van der Waals surface area contributed by atoms with Gasteiger partial charge in [-0.05, 0) is 48.6 Å². The van der Waals surface area contributed by atoms with Gasteiger partial charge in [0.05, 0.1) is 4.90 Å². The Balaban J connectivity index is 2.09. The fourth-order valence-corrected chi connectivity index (χ4v) is 4.60. The molecular formula is C23H29ClF2N4O3S. The molecular weight excluding hydrogens is 486 g/mol. The predicted molar refractivity (Wildman–Crippen MR) is 129 cm³/mol. The molecule has 1 aromatic heterocycles. The molecule has 2 N–H and O–H groups in total. The van der Waals surface area contributed by atoms with Crippen molar-refractivity contribution in [1.29, 1.82) is 0 Å². The number of anilines is 1. The van der Waals surface area contributed by atoms with Crippen LogP contribution in [-0.2, 0) is 17.1 Å². The molecule has 7 nitrogen and oxygen atoms in total. The number of sulfonamides is 1. The zero-order valence-corrected chi connectivity index (χ0v) is 21.3. The molecule has 0 unspecified atom stereocenters. The maximum Gasteiger partial charge on any atom is 0.271 e. The van der Waals surface area contributed by atoms with E-state index in [1.165, 1.54) is 42.1 Å². The van der Waals surface area contributed by atoms with Crippen molar-refractivity contribution in [3.8, 4) is 0 Å². The summed E-state index contributed by atoms with van der Waals surface area (Å²) in [5.41, 5.74) is 0.300. The van der Waals surface area contributed by atoms with Crippen LogP contribution in [0, 0.1) is 5.41 Å². The molecule has 34 heavy (non-hydrogen) atoms. The first-order valence-electron chi connectivity index (χ1n) is 10.8. The van der Waals surface area contributed by atoms with Crippen LogP contribution < -0.4 is 10.0 Å². The van der Waals surface area contributed by atoms with Crippen molar-refractivity contribution in [2.45, 2.75) is 63.8 Å². The molecule has 11 heteroatoms. The zero-order chi connectivity index (χ0) is 25.5. The molecule has 2 aromatic rings. The normalized spacial score (nSPS) is 17.1. The summed E-state index contributed by atoms with van der Waals surface area (Å²) >= 11 is 5.88. The van der Waals surface area contributed by atoms with Gasteiger partial charge in [0.2, 0.25) is 0 Å². The summed E-state index contributed by atoms with van der Waals surface area (Å²) in [6.45, 7) is 7.73. The second kappa shape index (κ2) is 9.30. The molecule has 1 aliphatic rings. The molecule has 0 bridgehead atoms. The minimum absolute atomic E-state index is 0.000854. The first-order valence-corrected chi connectivity index (χ1v) is 12.7. The van der Waals surface area contributed by atoms with Crippen LogP contribution in [-0.4, -0.2) is 36.1 Å². The fraction of sp³-hybridized carbons (Fsp3) is 0.478. The molecule has 0 saturated heterocycles. The first-order chi connectivity index (χ1) is 15.6. The summed E-state index contributed by atoms with van der Waals surface area (Å²) in [6.07, 6.45) is 0.483. The van der Waals surface area contributed by atoms with Crippen LogP contribution >= 0.6 is 11.6 Å². The van der Waals surface area contributed by atoms with Gasteiger partial charge in [0.15, 0.2) is 5.69 Å². The van der Waals surface area contributed by atoms with Crippen molar-refractivity contribution in [1.82, 2.24) is 15.1 Å². The lowest BCUT2D eigenvalue weighted by molar-refractivity contribution is -0.00606.